The Bertz CT molecular complexity index is 1160. The van der Waals surface area contributed by atoms with Crippen molar-refractivity contribution in [2.75, 3.05) is 12.4 Å². The molecule has 0 fully saturated rings. The van der Waals surface area contributed by atoms with E-state index in [1.54, 1.807) is 6.07 Å². The van der Waals surface area contributed by atoms with Gasteiger partial charge >= 0.3 is 12.2 Å². The Hall–Kier alpha value is -3.23. The summed E-state index contributed by atoms with van der Waals surface area (Å²) < 4.78 is 45.4. The monoisotopic (exact) mass is 482 g/mol. The predicted molar refractivity (Wildman–Crippen MR) is 116 cm³/mol. The molecule has 0 saturated carbocycles. The van der Waals surface area contributed by atoms with Crippen LogP contribution in [0.15, 0.2) is 60.7 Å². The Kier molecular flexibility index (Phi) is 6.96. The van der Waals surface area contributed by atoms with Crippen LogP contribution in [0.25, 0.3) is 11.1 Å². The molecule has 0 bridgehead atoms. The number of imide groups is 1. The third-order valence-electron chi connectivity index (χ3n) is 4.40. The highest BCUT2D eigenvalue weighted by Gasteiger charge is 2.34. The second-order valence-electron chi connectivity index (χ2n) is 6.46. The van der Waals surface area contributed by atoms with Crippen molar-refractivity contribution in [2.24, 2.45) is 0 Å². The highest BCUT2D eigenvalue weighted by atomic mass is 35.5. The fraction of sp³-hybridized carbons (Fsp3) is 0.0909. The van der Waals surface area contributed by atoms with Crippen molar-refractivity contribution < 1.29 is 27.5 Å². The Morgan fingerprint density at radius 2 is 1.56 bits per heavy atom. The molecule has 32 heavy (non-hydrogen) atoms. The summed E-state index contributed by atoms with van der Waals surface area (Å²) in [6.45, 7) is 0. The summed E-state index contributed by atoms with van der Waals surface area (Å²) in [6, 6.07) is 12.7. The van der Waals surface area contributed by atoms with E-state index in [-0.39, 0.29) is 38.2 Å². The Balaban J connectivity index is 1.83. The van der Waals surface area contributed by atoms with Gasteiger partial charge in [0.05, 0.1) is 28.3 Å². The molecule has 0 atom stereocenters. The van der Waals surface area contributed by atoms with Gasteiger partial charge in [-0.2, -0.15) is 13.2 Å². The number of halogens is 5. The van der Waals surface area contributed by atoms with E-state index in [0.29, 0.717) is 0 Å². The minimum absolute atomic E-state index is 0.0668. The van der Waals surface area contributed by atoms with E-state index in [0.717, 1.165) is 6.07 Å². The molecule has 0 aliphatic heterocycles. The first-order chi connectivity index (χ1) is 15.1. The minimum atomic E-state index is -4.56. The number of alkyl halides is 3. The van der Waals surface area contributed by atoms with Crippen LogP contribution in [-0.2, 0) is 6.18 Å². The van der Waals surface area contributed by atoms with Crippen molar-refractivity contribution in [2.45, 2.75) is 6.18 Å². The fourth-order valence-electron chi connectivity index (χ4n) is 3.00. The number of anilines is 1. The lowest BCUT2D eigenvalue weighted by Gasteiger charge is -2.16. The van der Waals surface area contributed by atoms with Crippen molar-refractivity contribution in [1.29, 1.82) is 0 Å². The fourth-order valence-corrected chi connectivity index (χ4v) is 3.57. The van der Waals surface area contributed by atoms with E-state index in [1.807, 2.05) is 0 Å². The second-order valence-corrected chi connectivity index (χ2v) is 7.28. The van der Waals surface area contributed by atoms with E-state index in [2.05, 4.69) is 10.6 Å². The average Bonchev–Trinajstić information content (AvgIpc) is 2.72. The maximum atomic E-state index is 13.4. The number of methoxy groups -OCH3 is 1. The van der Waals surface area contributed by atoms with Crippen LogP contribution < -0.4 is 15.4 Å². The molecule has 0 radical (unpaired) electrons. The molecule has 3 aromatic carbocycles. The summed E-state index contributed by atoms with van der Waals surface area (Å²) >= 11 is 11.9. The number of carbonyl (C=O) groups is 2. The Labute approximate surface area is 191 Å². The van der Waals surface area contributed by atoms with Crippen LogP contribution in [-0.4, -0.2) is 19.0 Å². The van der Waals surface area contributed by atoms with Crippen LogP contribution in [0.4, 0.5) is 23.7 Å². The van der Waals surface area contributed by atoms with Crippen molar-refractivity contribution in [3.8, 4) is 16.9 Å². The van der Waals surface area contributed by atoms with Crippen molar-refractivity contribution in [3.63, 3.8) is 0 Å². The first-order valence-corrected chi connectivity index (χ1v) is 9.78. The molecule has 0 aromatic heterocycles. The molecular weight excluding hydrogens is 468 g/mol. The maximum absolute atomic E-state index is 13.4. The number of amides is 3. The number of benzene rings is 3. The molecule has 0 aliphatic rings. The Morgan fingerprint density at radius 3 is 2.19 bits per heavy atom. The lowest BCUT2D eigenvalue weighted by molar-refractivity contribution is -0.137. The molecule has 0 spiro atoms. The predicted octanol–water partition coefficient (Wildman–Crippen LogP) is 6.65. The summed E-state index contributed by atoms with van der Waals surface area (Å²) in [5.74, 6) is -0.722. The maximum Gasteiger partial charge on any atom is 0.417 e. The number of ether oxygens (including phenoxy) is 1. The molecule has 0 saturated heterocycles. The van der Waals surface area contributed by atoms with Gasteiger partial charge in [-0.25, -0.2) is 4.79 Å². The average molecular weight is 483 g/mol. The number of hydrogen-bond acceptors (Lipinski definition) is 3. The number of rotatable bonds is 4. The second kappa shape index (κ2) is 9.50. The third kappa shape index (κ3) is 5.15. The first kappa shape index (κ1) is 23.4. The summed E-state index contributed by atoms with van der Waals surface area (Å²) in [5.41, 5.74) is -0.589. The molecular formula is C22H15Cl2F3N2O3. The quantitative estimate of drug-likeness (QED) is 0.437. The topological polar surface area (TPSA) is 67.4 Å². The van der Waals surface area contributed by atoms with E-state index < -0.39 is 23.7 Å². The van der Waals surface area contributed by atoms with Gasteiger partial charge in [-0.15, -0.1) is 0 Å². The van der Waals surface area contributed by atoms with Gasteiger partial charge in [-0.3, -0.25) is 10.1 Å². The molecule has 0 unspecified atom stereocenters. The van der Waals surface area contributed by atoms with Crippen LogP contribution in [0.3, 0.4) is 0 Å². The standard InChI is InChI=1S/C22H15Cl2F3N2O3/c1-32-18-11-12(9-10-14(18)13-5-2-3-6-15(13)22(25,26)27)28-21(31)29-20(30)19-16(23)7-4-8-17(19)24/h2-11H,1H3,(H2,28,29,30,31). The zero-order chi connectivity index (χ0) is 23.5. The van der Waals surface area contributed by atoms with Gasteiger partial charge in [0.2, 0.25) is 0 Å². The highest BCUT2D eigenvalue weighted by Crippen LogP contribution is 2.41. The van der Waals surface area contributed by atoms with Gasteiger partial charge in [-0.1, -0.05) is 47.5 Å². The molecule has 2 N–H and O–H groups in total. The SMILES string of the molecule is COc1cc(NC(=O)NC(=O)c2c(Cl)cccc2Cl)ccc1-c1ccccc1C(F)(F)F. The van der Waals surface area contributed by atoms with Gasteiger partial charge < -0.3 is 10.1 Å². The van der Waals surface area contributed by atoms with Crippen LogP contribution in [0, 0.1) is 0 Å². The van der Waals surface area contributed by atoms with E-state index >= 15 is 0 Å². The zero-order valence-electron chi connectivity index (χ0n) is 16.4. The van der Waals surface area contributed by atoms with E-state index in [1.165, 1.54) is 55.6 Å². The smallest absolute Gasteiger partial charge is 0.417 e. The van der Waals surface area contributed by atoms with Crippen LogP contribution >= 0.6 is 23.2 Å². The normalized spacial score (nSPS) is 11.1. The number of urea groups is 1. The highest BCUT2D eigenvalue weighted by molar-refractivity contribution is 6.40. The van der Waals surface area contributed by atoms with Gasteiger partial charge in [0.1, 0.15) is 5.75 Å². The third-order valence-corrected chi connectivity index (χ3v) is 5.03. The van der Waals surface area contributed by atoms with E-state index in [9.17, 15) is 22.8 Å². The van der Waals surface area contributed by atoms with Gasteiger partial charge in [0.25, 0.3) is 5.91 Å². The molecule has 166 valence electrons. The summed E-state index contributed by atoms with van der Waals surface area (Å²) in [6.07, 6.45) is -4.56. The van der Waals surface area contributed by atoms with Crippen LogP contribution in [0.2, 0.25) is 10.0 Å². The first-order valence-electron chi connectivity index (χ1n) is 9.02. The lowest BCUT2D eigenvalue weighted by Crippen LogP contribution is -2.34. The van der Waals surface area contributed by atoms with Gasteiger partial charge in [0.15, 0.2) is 0 Å². The summed E-state index contributed by atoms with van der Waals surface area (Å²) in [7, 11) is 1.29. The van der Waals surface area contributed by atoms with E-state index in [4.69, 9.17) is 27.9 Å². The zero-order valence-corrected chi connectivity index (χ0v) is 17.9. The van der Waals surface area contributed by atoms with Crippen LogP contribution in [0.1, 0.15) is 15.9 Å². The molecule has 3 amide bonds. The number of hydrogen-bond donors (Lipinski definition) is 2. The van der Waals surface area contributed by atoms with Gasteiger partial charge in [0, 0.05) is 17.3 Å². The minimum Gasteiger partial charge on any atom is -0.496 e. The van der Waals surface area contributed by atoms with Crippen molar-refractivity contribution >= 4 is 40.8 Å². The molecule has 0 aliphatic carbocycles. The number of nitrogens with one attached hydrogen (secondary N) is 2. The molecule has 0 heterocycles. The molecule has 3 rings (SSSR count). The van der Waals surface area contributed by atoms with Gasteiger partial charge in [-0.05, 0) is 35.9 Å². The molecule has 3 aromatic rings. The summed E-state index contributed by atoms with van der Waals surface area (Å²) in [4.78, 5) is 24.5. The summed E-state index contributed by atoms with van der Waals surface area (Å²) in [5, 5.41) is 4.65. The molecule has 10 heteroatoms. The van der Waals surface area contributed by atoms with Crippen LogP contribution in [0.5, 0.6) is 5.75 Å². The lowest BCUT2D eigenvalue weighted by atomic mass is 9.98. The Morgan fingerprint density at radius 1 is 0.906 bits per heavy atom. The molecule has 5 nitrogen and oxygen atoms in total. The largest absolute Gasteiger partial charge is 0.496 e. The van der Waals surface area contributed by atoms with Crippen molar-refractivity contribution in [3.05, 3.63) is 81.8 Å². The van der Waals surface area contributed by atoms with Crippen molar-refractivity contribution in [1.82, 2.24) is 5.32 Å². The number of carbonyl (C=O) groups excluding carboxylic acids is 2.